The predicted molar refractivity (Wildman–Crippen MR) is 125 cm³/mol. The number of ether oxygens (including phenoxy) is 2. The van der Waals surface area contributed by atoms with Crippen molar-refractivity contribution in [1.82, 2.24) is 0 Å². The summed E-state index contributed by atoms with van der Waals surface area (Å²) in [5.41, 5.74) is 2.19. The zero-order chi connectivity index (χ0) is 24.6. The van der Waals surface area contributed by atoms with E-state index in [9.17, 15) is 18.4 Å². The van der Waals surface area contributed by atoms with Crippen LogP contribution in [-0.4, -0.2) is 26.0 Å². The molecule has 0 bridgehead atoms. The fourth-order valence-electron chi connectivity index (χ4n) is 3.73. The van der Waals surface area contributed by atoms with Crippen molar-refractivity contribution in [1.29, 1.82) is 0 Å². The Bertz CT molecular complexity index is 1350. The summed E-state index contributed by atoms with van der Waals surface area (Å²) in [5.74, 6) is -2.40. The molecule has 0 radical (unpaired) electrons. The maximum absolute atomic E-state index is 14.6. The highest BCUT2D eigenvalue weighted by molar-refractivity contribution is 6.46. The van der Waals surface area contributed by atoms with Crippen LogP contribution in [-0.2, 0) is 9.59 Å². The molecule has 0 unspecified atom stereocenters. The smallest absolute Gasteiger partial charge is 0.282 e. The standard InChI is InChI=1S/C26H22F2N2O4/c1-14-5-6-16(11-15(14)2)23-24(29-20-13-18(33-3)8-10-22(20)34-4)26(32)30(25(23)31)21-12-17(27)7-9-19(21)28/h5-13,29H,1-4H3. The number of benzene rings is 3. The number of anilines is 2. The number of halogens is 2. The Hall–Kier alpha value is -4.20. The number of imide groups is 1. The minimum Gasteiger partial charge on any atom is -0.497 e. The molecule has 8 heteroatoms. The number of methoxy groups -OCH3 is 2. The first-order valence-electron chi connectivity index (χ1n) is 10.4. The Balaban J connectivity index is 1.90. The first kappa shape index (κ1) is 23.0. The largest absolute Gasteiger partial charge is 0.497 e. The van der Waals surface area contributed by atoms with E-state index in [1.54, 1.807) is 30.3 Å². The van der Waals surface area contributed by atoms with Crippen molar-refractivity contribution in [2.75, 3.05) is 24.4 Å². The van der Waals surface area contributed by atoms with Gasteiger partial charge in [-0.3, -0.25) is 9.59 Å². The highest BCUT2D eigenvalue weighted by Gasteiger charge is 2.42. The van der Waals surface area contributed by atoms with Crippen LogP contribution in [0.25, 0.3) is 5.57 Å². The van der Waals surface area contributed by atoms with Crippen LogP contribution in [0.5, 0.6) is 11.5 Å². The number of hydrogen-bond donors (Lipinski definition) is 1. The minimum absolute atomic E-state index is 0.0293. The second-order valence-electron chi connectivity index (χ2n) is 7.78. The second-order valence-corrected chi connectivity index (χ2v) is 7.78. The molecule has 4 rings (SSSR count). The first-order valence-corrected chi connectivity index (χ1v) is 10.4. The first-order chi connectivity index (χ1) is 16.2. The molecule has 6 nitrogen and oxygen atoms in total. The molecule has 1 N–H and O–H groups in total. The van der Waals surface area contributed by atoms with E-state index >= 15 is 0 Å². The number of hydrogen-bond acceptors (Lipinski definition) is 5. The summed E-state index contributed by atoms with van der Waals surface area (Å²) >= 11 is 0. The Morgan fingerprint density at radius 2 is 1.59 bits per heavy atom. The molecule has 1 aliphatic heterocycles. The van der Waals surface area contributed by atoms with Crippen LogP contribution < -0.4 is 19.7 Å². The van der Waals surface area contributed by atoms with Gasteiger partial charge in [0.25, 0.3) is 11.8 Å². The summed E-state index contributed by atoms with van der Waals surface area (Å²) < 4.78 is 39.2. The van der Waals surface area contributed by atoms with E-state index in [1.165, 1.54) is 14.2 Å². The molecule has 0 saturated heterocycles. The van der Waals surface area contributed by atoms with Gasteiger partial charge in [-0.25, -0.2) is 13.7 Å². The molecule has 0 aliphatic carbocycles. The van der Waals surface area contributed by atoms with Gasteiger partial charge in [-0.05, 0) is 54.8 Å². The number of nitrogens with zero attached hydrogens (tertiary/aromatic N) is 1. The van der Waals surface area contributed by atoms with E-state index in [-0.39, 0.29) is 11.3 Å². The van der Waals surface area contributed by atoms with Crippen molar-refractivity contribution in [2.45, 2.75) is 13.8 Å². The van der Waals surface area contributed by atoms with Crippen LogP contribution in [0.2, 0.25) is 0 Å². The summed E-state index contributed by atoms with van der Waals surface area (Å²) in [5, 5.41) is 2.98. The van der Waals surface area contributed by atoms with Gasteiger partial charge < -0.3 is 14.8 Å². The molecule has 0 saturated carbocycles. The number of nitrogens with one attached hydrogen (secondary N) is 1. The zero-order valence-electron chi connectivity index (χ0n) is 19.0. The topological polar surface area (TPSA) is 67.9 Å². The summed E-state index contributed by atoms with van der Waals surface area (Å²) in [6.45, 7) is 3.80. The Kier molecular flexibility index (Phi) is 6.06. The van der Waals surface area contributed by atoms with Gasteiger partial charge in [-0.2, -0.15) is 0 Å². The molecule has 2 amide bonds. The molecule has 3 aromatic rings. The number of aryl methyl sites for hydroxylation is 2. The van der Waals surface area contributed by atoms with Gasteiger partial charge in [0.15, 0.2) is 0 Å². The van der Waals surface area contributed by atoms with E-state index in [0.29, 0.717) is 27.6 Å². The molecule has 3 aromatic carbocycles. The molecule has 34 heavy (non-hydrogen) atoms. The highest BCUT2D eigenvalue weighted by Crippen LogP contribution is 2.38. The fourth-order valence-corrected chi connectivity index (χ4v) is 3.73. The number of rotatable bonds is 6. The average molecular weight is 464 g/mol. The van der Waals surface area contributed by atoms with E-state index in [0.717, 1.165) is 29.3 Å². The minimum atomic E-state index is -0.900. The lowest BCUT2D eigenvalue weighted by molar-refractivity contribution is -0.120. The summed E-state index contributed by atoms with van der Waals surface area (Å²) in [6, 6.07) is 12.8. The van der Waals surface area contributed by atoms with Crippen LogP contribution in [0.3, 0.4) is 0 Å². The van der Waals surface area contributed by atoms with Gasteiger partial charge in [0, 0.05) is 12.1 Å². The lowest BCUT2D eigenvalue weighted by Crippen LogP contribution is -2.33. The molecule has 1 heterocycles. The van der Waals surface area contributed by atoms with Crippen LogP contribution in [0.15, 0.2) is 60.3 Å². The van der Waals surface area contributed by atoms with E-state index < -0.39 is 29.1 Å². The number of carbonyl (C=O) groups is 2. The van der Waals surface area contributed by atoms with Gasteiger partial charge in [-0.1, -0.05) is 18.2 Å². The van der Waals surface area contributed by atoms with Gasteiger partial charge in [-0.15, -0.1) is 0 Å². The van der Waals surface area contributed by atoms with Crippen molar-refractivity contribution in [3.05, 3.63) is 88.6 Å². The van der Waals surface area contributed by atoms with Crippen LogP contribution in [0.4, 0.5) is 20.2 Å². The molecule has 0 spiro atoms. The molecule has 174 valence electrons. The molecule has 1 aliphatic rings. The SMILES string of the molecule is COc1ccc(OC)c(NC2=C(c3ccc(C)c(C)c3)C(=O)N(c3cc(F)ccc3F)C2=O)c1. The molecule has 0 aromatic heterocycles. The van der Waals surface area contributed by atoms with Crippen molar-refractivity contribution < 1.29 is 27.8 Å². The summed E-state index contributed by atoms with van der Waals surface area (Å²) in [7, 11) is 2.95. The Labute approximate surface area is 195 Å². The molecular weight excluding hydrogens is 442 g/mol. The van der Waals surface area contributed by atoms with E-state index in [4.69, 9.17) is 9.47 Å². The number of amides is 2. The second kappa shape index (κ2) is 8.97. The van der Waals surface area contributed by atoms with Gasteiger partial charge >= 0.3 is 0 Å². The third kappa shape index (κ3) is 3.98. The normalized spacial score (nSPS) is 13.5. The van der Waals surface area contributed by atoms with Crippen LogP contribution >= 0.6 is 0 Å². The monoisotopic (exact) mass is 464 g/mol. The lowest BCUT2D eigenvalue weighted by atomic mass is 9.99. The van der Waals surface area contributed by atoms with Gasteiger partial charge in [0.1, 0.15) is 28.8 Å². The highest BCUT2D eigenvalue weighted by atomic mass is 19.1. The predicted octanol–water partition coefficient (Wildman–Crippen LogP) is 5.00. The summed E-state index contributed by atoms with van der Waals surface area (Å²) in [4.78, 5) is 27.7. The van der Waals surface area contributed by atoms with Crippen molar-refractivity contribution >= 4 is 28.8 Å². The maximum Gasteiger partial charge on any atom is 0.282 e. The van der Waals surface area contributed by atoms with Gasteiger partial charge in [0.2, 0.25) is 0 Å². The fraction of sp³-hybridized carbons (Fsp3) is 0.154. The van der Waals surface area contributed by atoms with Crippen molar-refractivity contribution in [2.24, 2.45) is 0 Å². The zero-order valence-corrected chi connectivity index (χ0v) is 19.0. The molecule has 0 atom stereocenters. The van der Waals surface area contributed by atoms with Crippen LogP contribution in [0, 0.1) is 25.5 Å². The Morgan fingerprint density at radius 3 is 2.26 bits per heavy atom. The lowest BCUT2D eigenvalue weighted by Gasteiger charge is -2.17. The van der Waals surface area contributed by atoms with Crippen LogP contribution in [0.1, 0.15) is 16.7 Å². The quantitative estimate of drug-likeness (QED) is 0.521. The van der Waals surface area contributed by atoms with Crippen molar-refractivity contribution in [3.8, 4) is 11.5 Å². The summed E-state index contributed by atoms with van der Waals surface area (Å²) in [6.07, 6.45) is 0. The Morgan fingerprint density at radius 1 is 0.824 bits per heavy atom. The maximum atomic E-state index is 14.6. The molecule has 0 fully saturated rings. The van der Waals surface area contributed by atoms with Gasteiger partial charge in [0.05, 0.1) is 31.2 Å². The van der Waals surface area contributed by atoms with E-state index in [1.807, 2.05) is 19.9 Å². The third-order valence-electron chi connectivity index (χ3n) is 5.69. The average Bonchev–Trinajstić information content (AvgIpc) is 3.06. The molecular formula is C26H22F2N2O4. The number of carbonyl (C=O) groups excluding carboxylic acids is 2. The third-order valence-corrected chi connectivity index (χ3v) is 5.69. The van der Waals surface area contributed by atoms with E-state index in [2.05, 4.69) is 5.32 Å². The van der Waals surface area contributed by atoms with Crippen molar-refractivity contribution in [3.63, 3.8) is 0 Å².